The Balaban J connectivity index is 1.93. The average Bonchev–Trinajstić information content (AvgIpc) is 2.91. The summed E-state index contributed by atoms with van der Waals surface area (Å²) in [5.41, 5.74) is 1.23. The van der Waals surface area contributed by atoms with E-state index in [9.17, 15) is 14.0 Å². The van der Waals surface area contributed by atoms with Crippen LogP contribution in [0.25, 0.3) is 10.9 Å². The fraction of sp³-hybridized carbons (Fsp3) is 0.235. The van der Waals surface area contributed by atoms with E-state index in [0.717, 1.165) is 5.56 Å². The predicted molar refractivity (Wildman–Crippen MR) is 89.4 cm³/mol. The molecule has 0 bridgehead atoms. The lowest BCUT2D eigenvalue weighted by atomic mass is 10.1. The zero-order valence-corrected chi connectivity index (χ0v) is 13.8. The lowest BCUT2D eigenvalue weighted by molar-refractivity contribution is -0.137. The summed E-state index contributed by atoms with van der Waals surface area (Å²) in [6, 6.07) is 6.29. The minimum absolute atomic E-state index is 0.107. The quantitative estimate of drug-likeness (QED) is 0.629. The van der Waals surface area contributed by atoms with Crippen LogP contribution in [0.4, 0.5) is 4.39 Å². The molecule has 5 nitrogen and oxygen atoms in total. The molecular weight excluding hydrogens is 331 g/mol. The number of amides is 1. The molecule has 0 unspecified atom stereocenters. The highest BCUT2D eigenvalue weighted by Gasteiger charge is 2.28. The Bertz CT molecular complexity index is 838. The lowest BCUT2D eigenvalue weighted by Crippen LogP contribution is -2.24. The summed E-state index contributed by atoms with van der Waals surface area (Å²) in [4.78, 5) is 29.5. The molecule has 1 aromatic carbocycles. The van der Waals surface area contributed by atoms with Gasteiger partial charge < -0.3 is 9.64 Å². The van der Waals surface area contributed by atoms with E-state index in [1.807, 2.05) is 0 Å². The number of hydrogen-bond donors (Lipinski definition) is 0. The smallest absolute Gasteiger partial charge is 0.333 e. The van der Waals surface area contributed by atoms with E-state index in [2.05, 4.69) is 4.98 Å². The van der Waals surface area contributed by atoms with Gasteiger partial charge in [-0.2, -0.15) is 0 Å². The number of nitrogens with zero attached hydrogens (tertiary/aromatic N) is 2. The molecule has 1 amide bonds. The normalized spacial score (nSPS) is 16.2. The first-order valence-corrected chi connectivity index (χ1v) is 8.42. The van der Waals surface area contributed by atoms with E-state index in [4.69, 9.17) is 4.74 Å². The van der Waals surface area contributed by atoms with E-state index in [0.29, 0.717) is 15.9 Å². The molecule has 1 fully saturated rings. The number of hydrogen-bond acceptors (Lipinski definition) is 5. The van der Waals surface area contributed by atoms with Crippen LogP contribution in [0.3, 0.4) is 0 Å². The van der Waals surface area contributed by atoms with E-state index >= 15 is 0 Å². The van der Waals surface area contributed by atoms with Crippen molar-refractivity contribution in [1.82, 2.24) is 9.88 Å². The van der Waals surface area contributed by atoms with Crippen LogP contribution in [0.2, 0.25) is 0 Å². The molecule has 1 aliphatic heterocycles. The van der Waals surface area contributed by atoms with E-state index in [1.165, 1.54) is 28.8 Å². The number of pyridine rings is 1. The fourth-order valence-electron chi connectivity index (χ4n) is 2.48. The highest BCUT2D eigenvalue weighted by Crippen LogP contribution is 2.32. The summed E-state index contributed by atoms with van der Waals surface area (Å²) in [5.74, 6) is -0.686. The largest absolute Gasteiger partial charge is 0.463 e. The van der Waals surface area contributed by atoms with Crippen molar-refractivity contribution in [1.29, 1.82) is 0 Å². The Morgan fingerprint density at radius 3 is 3.08 bits per heavy atom. The Labute approximate surface area is 142 Å². The summed E-state index contributed by atoms with van der Waals surface area (Å²) in [5, 5.41) is 0.942. The highest BCUT2D eigenvalue weighted by molar-refractivity contribution is 8.04. The number of aromatic nitrogens is 1. The molecule has 1 saturated heterocycles. The molecule has 3 rings (SSSR count). The summed E-state index contributed by atoms with van der Waals surface area (Å²) in [6.45, 7) is 2.22. The average molecular weight is 346 g/mol. The van der Waals surface area contributed by atoms with Gasteiger partial charge in [0.15, 0.2) is 0 Å². The number of esters is 1. The Hall–Kier alpha value is -2.41. The molecule has 0 spiro atoms. The second-order valence-corrected chi connectivity index (χ2v) is 6.10. The first-order valence-electron chi connectivity index (χ1n) is 7.44. The van der Waals surface area contributed by atoms with Gasteiger partial charge in [0.2, 0.25) is 5.91 Å². The lowest BCUT2D eigenvalue weighted by Gasteiger charge is -2.18. The third-order valence-electron chi connectivity index (χ3n) is 3.57. The second-order valence-electron chi connectivity index (χ2n) is 5.11. The van der Waals surface area contributed by atoms with Crippen molar-refractivity contribution in [2.75, 3.05) is 12.4 Å². The standard InChI is InChI=1S/C17H15FN2O3S/c1-2-23-16(22)8-15-20(14(21)10-24-15)9-11-5-6-13(18)12-4-3-7-19-17(11)12/h3-8H,2,9-10H2,1H3/b15-8-. The molecule has 7 heteroatoms. The van der Waals surface area contributed by atoms with Crippen LogP contribution in [0, 0.1) is 5.82 Å². The van der Waals surface area contributed by atoms with Crippen LogP contribution in [-0.4, -0.2) is 34.1 Å². The van der Waals surface area contributed by atoms with E-state index in [-0.39, 0.29) is 30.6 Å². The van der Waals surface area contributed by atoms with Gasteiger partial charge in [-0.15, -0.1) is 0 Å². The van der Waals surface area contributed by atoms with Crippen LogP contribution in [0.5, 0.6) is 0 Å². The van der Waals surface area contributed by atoms with Gasteiger partial charge >= 0.3 is 5.97 Å². The number of thioether (sulfide) groups is 1. The molecule has 2 aromatic rings. The van der Waals surface area contributed by atoms with E-state index in [1.54, 1.807) is 31.3 Å². The summed E-state index contributed by atoms with van der Waals surface area (Å²) in [6.07, 6.45) is 2.90. The molecule has 0 aliphatic carbocycles. The Morgan fingerprint density at radius 1 is 1.46 bits per heavy atom. The van der Waals surface area contributed by atoms with Gasteiger partial charge in [0.05, 0.1) is 35.5 Å². The van der Waals surface area contributed by atoms with Crippen LogP contribution >= 0.6 is 11.8 Å². The zero-order valence-electron chi connectivity index (χ0n) is 13.0. The maximum absolute atomic E-state index is 13.9. The Morgan fingerprint density at radius 2 is 2.29 bits per heavy atom. The summed E-state index contributed by atoms with van der Waals surface area (Å²) >= 11 is 1.28. The van der Waals surface area contributed by atoms with Crippen LogP contribution in [0.15, 0.2) is 41.6 Å². The van der Waals surface area contributed by atoms with Crippen molar-refractivity contribution >= 4 is 34.5 Å². The number of benzene rings is 1. The number of carbonyl (C=O) groups is 2. The summed E-state index contributed by atoms with van der Waals surface area (Å²) in [7, 11) is 0. The van der Waals surface area contributed by atoms with Crippen molar-refractivity contribution < 1.29 is 18.7 Å². The van der Waals surface area contributed by atoms with Crippen molar-refractivity contribution in [2.45, 2.75) is 13.5 Å². The van der Waals surface area contributed by atoms with Crippen molar-refractivity contribution in [3.05, 3.63) is 52.9 Å². The van der Waals surface area contributed by atoms with Gasteiger partial charge in [0, 0.05) is 11.6 Å². The van der Waals surface area contributed by atoms with Gasteiger partial charge in [-0.1, -0.05) is 17.8 Å². The SMILES string of the molecule is CCOC(=O)/C=C1\SCC(=O)N1Cc1ccc(F)c2cccnc12. The van der Waals surface area contributed by atoms with Crippen molar-refractivity contribution in [2.24, 2.45) is 0 Å². The topological polar surface area (TPSA) is 59.5 Å². The van der Waals surface area contributed by atoms with Gasteiger partial charge in [-0.25, -0.2) is 9.18 Å². The number of carbonyl (C=O) groups excluding carboxylic acids is 2. The minimum atomic E-state index is -0.484. The molecule has 24 heavy (non-hydrogen) atoms. The van der Waals surface area contributed by atoms with Gasteiger partial charge in [-0.3, -0.25) is 9.78 Å². The van der Waals surface area contributed by atoms with E-state index < -0.39 is 5.97 Å². The maximum atomic E-state index is 13.9. The number of fused-ring (bicyclic) bond motifs is 1. The molecule has 1 aromatic heterocycles. The molecule has 0 atom stereocenters. The predicted octanol–water partition coefficient (Wildman–Crippen LogP) is 2.85. The van der Waals surface area contributed by atoms with Crippen molar-refractivity contribution in [3.63, 3.8) is 0 Å². The molecule has 0 saturated carbocycles. The van der Waals surface area contributed by atoms with Gasteiger partial charge in [0.1, 0.15) is 5.82 Å². The third kappa shape index (κ3) is 3.26. The van der Waals surface area contributed by atoms with Crippen LogP contribution in [0.1, 0.15) is 12.5 Å². The third-order valence-corrected chi connectivity index (χ3v) is 4.59. The summed E-state index contributed by atoms with van der Waals surface area (Å²) < 4.78 is 18.8. The minimum Gasteiger partial charge on any atom is -0.463 e. The molecule has 2 heterocycles. The maximum Gasteiger partial charge on any atom is 0.333 e. The zero-order chi connectivity index (χ0) is 17.1. The number of rotatable bonds is 4. The van der Waals surface area contributed by atoms with Crippen LogP contribution < -0.4 is 0 Å². The van der Waals surface area contributed by atoms with Crippen LogP contribution in [-0.2, 0) is 20.9 Å². The molecule has 1 aliphatic rings. The highest BCUT2D eigenvalue weighted by atomic mass is 32.2. The first kappa shape index (κ1) is 16.4. The molecule has 0 N–H and O–H groups in total. The molecular formula is C17H15FN2O3S. The second kappa shape index (κ2) is 7.00. The van der Waals surface area contributed by atoms with Gasteiger partial charge in [-0.05, 0) is 30.7 Å². The Kier molecular flexibility index (Phi) is 4.80. The fourth-order valence-corrected chi connectivity index (χ4v) is 3.41. The monoisotopic (exact) mass is 346 g/mol. The first-order chi connectivity index (χ1) is 11.6. The number of ether oxygens (including phenoxy) is 1. The molecule has 0 radical (unpaired) electrons. The number of halogens is 1. The van der Waals surface area contributed by atoms with Gasteiger partial charge in [0.25, 0.3) is 0 Å². The molecule has 124 valence electrons. The van der Waals surface area contributed by atoms with Crippen molar-refractivity contribution in [3.8, 4) is 0 Å².